The van der Waals surface area contributed by atoms with Crippen LogP contribution >= 0.6 is 0 Å². The van der Waals surface area contributed by atoms with Gasteiger partial charge in [0.05, 0.1) is 11.4 Å². The Hall–Kier alpha value is -6.46. The van der Waals surface area contributed by atoms with Crippen LogP contribution < -0.4 is 0 Å². The lowest BCUT2D eigenvalue weighted by molar-refractivity contribution is 0.766. The highest BCUT2D eigenvalue weighted by Gasteiger charge is 2.19. The first-order chi connectivity index (χ1) is 23.3. The van der Waals surface area contributed by atoms with Crippen molar-refractivity contribution in [1.82, 2.24) is 25.0 Å². The minimum Gasteiger partial charge on any atom is -0.264 e. The van der Waals surface area contributed by atoms with E-state index in [4.69, 9.17) is 10.2 Å². The number of fused-ring (bicyclic) bond motifs is 3. The lowest BCUT2D eigenvalue weighted by Gasteiger charge is -2.18. The van der Waals surface area contributed by atoms with Crippen molar-refractivity contribution in [2.75, 3.05) is 0 Å². The predicted octanol–water partition coefficient (Wildman–Crippen LogP) is 10.2. The van der Waals surface area contributed by atoms with Crippen molar-refractivity contribution in [2.24, 2.45) is 0 Å². The highest BCUT2D eigenvalue weighted by molar-refractivity contribution is 6.21. The van der Waals surface area contributed by atoms with Gasteiger partial charge in [0.15, 0.2) is 0 Å². The fourth-order valence-corrected chi connectivity index (χ4v) is 6.73. The second-order valence-corrected chi connectivity index (χ2v) is 11.6. The van der Waals surface area contributed by atoms with Gasteiger partial charge in [-0.3, -0.25) is 9.97 Å². The third-order valence-electron chi connectivity index (χ3n) is 8.81. The van der Waals surface area contributed by atoms with Crippen molar-refractivity contribution >= 4 is 32.6 Å². The first-order valence-electron chi connectivity index (χ1n) is 15.6. The maximum Gasteiger partial charge on any atom is 0.123 e. The summed E-state index contributed by atoms with van der Waals surface area (Å²) in [5, 5.41) is 15.1. The van der Waals surface area contributed by atoms with Gasteiger partial charge in [-0.2, -0.15) is 4.80 Å². The van der Waals surface area contributed by atoms with Crippen LogP contribution in [0.3, 0.4) is 0 Å². The number of hydrogen-bond donors (Lipinski definition) is 0. The Morgan fingerprint density at radius 2 is 1.02 bits per heavy atom. The summed E-state index contributed by atoms with van der Waals surface area (Å²) in [6.07, 6.45) is 5.46. The number of hydrogen-bond acceptors (Lipinski definition) is 4. The van der Waals surface area contributed by atoms with E-state index in [1.807, 2.05) is 36.7 Å². The van der Waals surface area contributed by atoms with E-state index in [1.165, 1.54) is 38.2 Å². The molecule has 47 heavy (non-hydrogen) atoms. The van der Waals surface area contributed by atoms with Crippen LogP contribution in [0.5, 0.6) is 0 Å². The Labute approximate surface area is 271 Å². The van der Waals surface area contributed by atoms with Crippen molar-refractivity contribution < 1.29 is 0 Å². The van der Waals surface area contributed by atoms with E-state index in [0.717, 1.165) is 44.7 Å². The van der Waals surface area contributed by atoms with Crippen molar-refractivity contribution in [3.05, 3.63) is 164 Å². The number of aromatic nitrogens is 5. The van der Waals surface area contributed by atoms with Gasteiger partial charge in [-0.15, -0.1) is 10.2 Å². The minimum absolute atomic E-state index is 0.790. The molecular formula is C42H27N5. The minimum atomic E-state index is 0.790. The maximum absolute atomic E-state index is 5.11. The van der Waals surface area contributed by atoms with E-state index in [0.29, 0.717) is 0 Å². The van der Waals surface area contributed by atoms with Crippen LogP contribution in [-0.2, 0) is 0 Å². The summed E-state index contributed by atoms with van der Waals surface area (Å²) in [5.74, 6) is 0. The van der Waals surface area contributed by atoms with E-state index in [1.54, 1.807) is 11.0 Å². The summed E-state index contributed by atoms with van der Waals surface area (Å²) >= 11 is 0. The number of nitrogens with zero attached hydrogens (tertiary/aromatic N) is 5. The zero-order valence-corrected chi connectivity index (χ0v) is 25.3. The summed E-state index contributed by atoms with van der Waals surface area (Å²) in [6.45, 7) is 0. The molecule has 0 spiro atoms. The van der Waals surface area contributed by atoms with Gasteiger partial charge in [-0.05, 0) is 80.2 Å². The van der Waals surface area contributed by atoms with Crippen molar-refractivity contribution in [2.45, 2.75) is 0 Å². The lowest BCUT2D eigenvalue weighted by atomic mass is 9.86. The zero-order valence-electron chi connectivity index (χ0n) is 25.3. The van der Waals surface area contributed by atoms with E-state index in [9.17, 15) is 0 Å². The quantitative estimate of drug-likeness (QED) is 0.184. The van der Waals surface area contributed by atoms with Crippen LogP contribution in [0.1, 0.15) is 0 Å². The Morgan fingerprint density at radius 3 is 1.68 bits per heavy atom. The van der Waals surface area contributed by atoms with Gasteiger partial charge in [0, 0.05) is 35.3 Å². The molecule has 6 aromatic carbocycles. The van der Waals surface area contributed by atoms with Crippen LogP contribution in [-0.4, -0.2) is 25.0 Å². The predicted molar refractivity (Wildman–Crippen MR) is 191 cm³/mol. The Balaban J connectivity index is 1.27. The molecule has 0 saturated carbocycles. The van der Waals surface area contributed by atoms with Crippen LogP contribution in [0.2, 0.25) is 0 Å². The van der Waals surface area contributed by atoms with Crippen molar-refractivity contribution in [3.8, 4) is 50.3 Å². The van der Waals surface area contributed by atoms with Gasteiger partial charge in [0.1, 0.15) is 11.0 Å². The van der Waals surface area contributed by atoms with Gasteiger partial charge in [0.2, 0.25) is 0 Å². The van der Waals surface area contributed by atoms with Crippen molar-refractivity contribution in [3.63, 3.8) is 0 Å². The lowest BCUT2D eigenvalue weighted by Crippen LogP contribution is -1.99. The molecule has 0 atom stereocenters. The molecule has 3 heterocycles. The molecule has 220 valence electrons. The van der Waals surface area contributed by atoms with Crippen LogP contribution in [0.15, 0.2) is 164 Å². The standard InChI is InChI=1S/C42H27N5/c1-2-12-28(13-3-1)39-33-17-4-6-19-35(33)40(36-20-7-5-18-34(36)39)29-14-10-16-31(26-29)47-45-41-32(30-15-11-24-43-27-30)22-23-37(42(41)46-47)38-21-8-9-25-44-38/h1-27H. The third-order valence-corrected chi connectivity index (χ3v) is 8.81. The van der Waals surface area contributed by atoms with Gasteiger partial charge >= 0.3 is 0 Å². The molecule has 0 fully saturated rings. The topological polar surface area (TPSA) is 56.5 Å². The first kappa shape index (κ1) is 26.9. The summed E-state index contributed by atoms with van der Waals surface area (Å²) < 4.78 is 0. The van der Waals surface area contributed by atoms with Crippen LogP contribution in [0, 0.1) is 0 Å². The van der Waals surface area contributed by atoms with Gasteiger partial charge in [-0.1, -0.05) is 109 Å². The first-order valence-corrected chi connectivity index (χ1v) is 15.6. The summed E-state index contributed by atoms with van der Waals surface area (Å²) in [5.41, 5.74) is 11.0. The highest BCUT2D eigenvalue weighted by Crippen LogP contribution is 2.44. The van der Waals surface area contributed by atoms with E-state index < -0.39 is 0 Å². The number of pyridine rings is 2. The molecule has 0 radical (unpaired) electrons. The van der Waals surface area contributed by atoms with E-state index in [-0.39, 0.29) is 0 Å². The van der Waals surface area contributed by atoms with Gasteiger partial charge < -0.3 is 0 Å². The average molecular weight is 602 g/mol. The highest BCUT2D eigenvalue weighted by atomic mass is 15.5. The molecule has 3 aromatic heterocycles. The molecule has 0 bridgehead atoms. The summed E-state index contributed by atoms with van der Waals surface area (Å²) in [7, 11) is 0. The zero-order chi connectivity index (χ0) is 31.2. The molecule has 5 heteroatoms. The molecule has 0 aliphatic rings. The van der Waals surface area contributed by atoms with Crippen LogP contribution in [0.4, 0.5) is 0 Å². The second kappa shape index (κ2) is 11.2. The van der Waals surface area contributed by atoms with Crippen molar-refractivity contribution in [1.29, 1.82) is 0 Å². The molecule has 5 nitrogen and oxygen atoms in total. The molecule has 9 aromatic rings. The number of rotatable bonds is 5. The fourth-order valence-electron chi connectivity index (χ4n) is 6.73. The largest absolute Gasteiger partial charge is 0.264 e. The smallest absolute Gasteiger partial charge is 0.123 e. The maximum atomic E-state index is 5.11. The third kappa shape index (κ3) is 4.56. The summed E-state index contributed by atoms with van der Waals surface area (Å²) in [4.78, 5) is 10.8. The molecule has 9 rings (SSSR count). The normalized spacial score (nSPS) is 11.4. The molecular weight excluding hydrogens is 574 g/mol. The van der Waals surface area contributed by atoms with Crippen LogP contribution in [0.25, 0.3) is 82.9 Å². The second-order valence-electron chi connectivity index (χ2n) is 11.6. The number of benzene rings is 6. The van der Waals surface area contributed by atoms with E-state index in [2.05, 4.69) is 131 Å². The Kier molecular flexibility index (Phi) is 6.39. The van der Waals surface area contributed by atoms with E-state index >= 15 is 0 Å². The van der Waals surface area contributed by atoms with Gasteiger partial charge in [0.25, 0.3) is 0 Å². The molecule has 0 aliphatic heterocycles. The average Bonchev–Trinajstić information content (AvgIpc) is 3.60. The fraction of sp³-hybridized carbons (Fsp3) is 0. The molecule has 0 saturated heterocycles. The summed E-state index contributed by atoms with van der Waals surface area (Å²) in [6, 6.07) is 50.7. The molecule has 0 N–H and O–H groups in total. The molecule has 0 aliphatic carbocycles. The SMILES string of the molecule is c1ccc(-c2c3ccccc3c(-c3cccc(-n4nc5c(-c6cccnc6)ccc(-c6ccccn6)c5n4)c3)c3ccccc23)cc1. The Morgan fingerprint density at radius 1 is 0.426 bits per heavy atom. The van der Waals surface area contributed by atoms with Gasteiger partial charge in [-0.25, -0.2) is 0 Å². The monoisotopic (exact) mass is 601 g/mol. The molecule has 0 amide bonds. The molecule has 0 unspecified atom stereocenters. The Bertz CT molecular complexity index is 2420.